The molecule has 0 aliphatic rings. The fourth-order valence-corrected chi connectivity index (χ4v) is 2.16. The number of carbonyl (C=O) groups is 1. The van der Waals surface area contributed by atoms with Crippen LogP contribution in [0.2, 0.25) is 0 Å². The van der Waals surface area contributed by atoms with Crippen LogP contribution in [0.4, 0.5) is 4.79 Å². The normalized spacial score (nSPS) is 11.9. The van der Waals surface area contributed by atoms with Gasteiger partial charge in [-0.05, 0) is 12.8 Å². The summed E-state index contributed by atoms with van der Waals surface area (Å²) < 4.78 is 5.43. The Labute approximate surface area is 125 Å². The predicted molar refractivity (Wildman–Crippen MR) is 86.0 cm³/mol. The van der Waals surface area contributed by atoms with Gasteiger partial charge >= 0.3 is 6.09 Å². The van der Waals surface area contributed by atoms with Crippen molar-refractivity contribution in [3.63, 3.8) is 0 Å². The maximum Gasteiger partial charge on any atom is 0.409 e. The summed E-state index contributed by atoms with van der Waals surface area (Å²) >= 11 is 0. The summed E-state index contributed by atoms with van der Waals surface area (Å²) in [5, 5.41) is 0. The quantitative estimate of drug-likeness (QED) is 0.366. The molecule has 0 saturated heterocycles. The SMILES string of the molecule is C=CCC(CCCCCCCCCC)OC(=O)N(C)C. The van der Waals surface area contributed by atoms with E-state index in [1.54, 1.807) is 14.1 Å². The summed E-state index contributed by atoms with van der Waals surface area (Å²) in [6.07, 6.45) is 13.7. The van der Waals surface area contributed by atoms with Crippen LogP contribution in [-0.2, 0) is 4.74 Å². The van der Waals surface area contributed by atoms with Crippen molar-refractivity contribution in [2.24, 2.45) is 0 Å². The first-order valence-electron chi connectivity index (χ1n) is 8.10. The van der Waals surface area contributed by atoms with Gasteiger partial charge in [-0.25, -0.2) is 4.79 Å². The van der Waals surface area contributed by atoms with Gasteiger partial charge in [0.05, 0.1) is 0 Å². The van der Waals surface area contributed by atoms with Crippen LogP contribution in [0, 0.1) is 0 Å². The first-order chi connectivity index (χ1) is 9.61. The third-order valence-electron chi connectivity index (χ3n) is 3.44. The molecule has 1 unspecified atom stereocenters. The predicted octanol–water partition coefficient (Wildman–Crippen LogP) is 5.16. The van der Waals surface area contributed by atoms with E-state index in [9.17, 15) is 4.79 Å². The molecular formula is C17H33NO2. The van der Waals surface area contributed by atoms with E-state index in [2.05, 4.69) is 13.5 Å². The minimum atomic E-state index is -0.253. The van der Waals surface area contributed by atoms with E-state index in [0.29, 0.717) is 0 Å². The van der Waals surface area contributed by atoms with Crippen LogP contribution in [0.5, 0.6) is 0 Å². The molecule has 0 saturated carbocycles. The third kappa shape index (κ3) is 10.9. The zero-order valence-corrected chi connectivity index (χ0v) is 13.7. The van der Waals surface area contributed by atoms with Crippen molar-refractivity contribution >= 4 is 6.09 Å². The van der Waals surface area contributed by atoms with Crippen LogP contribution in [-0.4, -0.2) is 31.2 Å². The van der Waals surface area contributed by atoms with E-state index in [-0.39, 0.29) is 12.2 Å². The number of amides is 1. The zero-order chi connectivity index (χ0) is 15.2. The van der Waals surface area contributed by atoms with E-state index >= 15 is 0 Å². The maximum absolute atomic E-state index is 11.5. The molecule has 3 nitrogen and oxygen atoms in total. The minimum Gasteiger partial charge on any atom is -0.446 e. The zero-order valence-electron chi connectivity index (χ0n) is 13.7. The fourth-order valence-electron chi connectivity index (χ4n) is 2.16. The highest BCUT2D eigenvalue weighted by Gasteiger charge is 2.13. The van der Waals surface area contributed by atoms with Gasteiger partial charge in [-0.2, -0.15) is 0 Å². The Morgan fingerprint density at radius 2 is 1.65 bits per heavy atom. The number of carbonyl (C=O) groups excluding carboxylic acids is 1. The number of hydrogen-bond acceptors (Lipinski definition) is 2. The van der Waals surface area contributed by atoms with E-state index < -0.39 is 0 Å². The molecule has 0 aromatic carbocycles. The second-order valence-corrected chi connectivity index (χ2v) is 5.69. The first-order valence-corrected chi connectivity index (χ1v) is 8.10. The van der Waals surface area contributed by atoms with Crippen molar-refractivity contribution in [3.05, 3.63) is 12.7 Å². The van der Waals surface area contributed by atoms with Crippen LogP contribution in [0.25, 0.3) is 0 Å². The molecule has 20 heavy (non-hydrogen) atoms. The van der Waals surface area contributed by atoms with Gasteiger partial charge in [0, 0.05) is 20.5 Å². The van der Waals surface area contributed by atoms with E-state index in [4.69, 9.17) is 4.74 Å². The molecule has 0 heterocycles. The molecule has 0 aliphatic heterocycles. The molecule has 3 heteroatoms. The van der Waals surface area contributed by atoms with Gasteiger partial charge in [-0.1, -0.05) is 57.9 Å². The highest BCUT2D eigenvalue weighted by Crippen LogP contribution is 2.14. The smallest absolute Gasteiger partial charge is 0.409 e. The number of unbranched alkanes of at least 4 members (excludes halogenated alkanes) is 7. The Morgan fingerprint density at radius 3 is 2.15 bits per heavy atom. The van der Waals surface area contributed by atoms with E-state index in [1.165, 1.54) is 49.8 Å². The van der Waals surface area contributed by atoms with Crippen molar-refractivity contribution in [2.45, 2.75) is 77.2 Å². The Bertz CT molecular complexity index is 251. The summed E-state index contributed by atoms with van der Waals surface area (Å²) in [5.74, 6) is 0. The van der Waals surface area contributed by atoms with E-state index in [1.807, 2.05) is 6.08 Å². The third-order valence-corrected chi connectivity index (χ3v) is 3.44. The molecule has 0 bridgehead atoms. The van der Waals surface area contributed by atoms with Gasteiger partial charge in [0.2, 0.25) is 0 Å². The largest absolute Gasteiger partial charge is 0.446 e. The van der Waals surface area contributed by atoms with Gasteiger partial charge in [-0.15, -0.1) is 6.58 Å². The Balaban J connectivity index is 3.65. The number of rotatable bonds is 12. The molecule has 0 fully saturated rings. The molecule has 0 radical (unpaired) electrons. The van der Waals surface area contributed by atoms with Gasteiger partial charge in [0.15, 0.2) is 0 Å². The van der Waals surface area contributed by atoms with Gasteiger partial charge in [0.1, 0.15) is 6.10 Å². The Morgan fingerprint density at radius 1 is 1.10 bits per heavy atom. The molecule has 118 valence electrons. The molecule has 1 amide bonds. The summed E-state index contributed by atoms with van der Waals surface area (Å²) in [6.45, 7) is 5.98. The van der Waals surface area contributed by atoms with Crippen molar-refractivity contribution < 1.29 is 9.53 Å². The Kier molecular flexibility index (Phi) is 12.4. The summed E-state index contributed by atoms with van der Waals surface area (Å²) in [6, 6.07) is 0. The molecule has 0 aromatic rings. The van der Waals surface area contributed by atoms with Gasteiger partial charge in [0.25, 0.3) is 0 Å². The number of nitrogens with zero attached hydrogens (tertiary/aromatic N) is 1. The van der Waals surface area contributed by atoms with Crippen molar-refractivity contribution in [2.75, 3.05) is 14.1 Å². The maximum atomic E-state index is 11.5. The van der Waals surface area contributed by atoms with Gasteiger partial charge < -0.3 is 9.64 Å². The van der Waals surface area contributed by atoms with Crippen molar-refractivity contribution in [1.82, 2.24) is 4.90 Å². The van der Waals surface area contributed by atoms with Gasteiger partial charge in [-0.3, -0.25) is 0 Å². The summed E-state index contributed by atoms with van der Waals surface area (Å²) in [4.78, 5) is 13.0. The van der Waals surface area contributed by atoms with E-state index in [0.717, 1.165) is 19.3 Å². The second kappa shape index (κ2) is 13.0. The van der Waals surface area contributed by atoms with Crippen molar-refractivity contribution in [3.8, 4) is 0 Å². The fraction of sp³-hybridized carbons (Fsp3) is 0.824. The molecule has 0 spiro atoms. The topological polar surface area (TPSA) is 29.5 Å². The van der Waals surface area contributed by atoms with Crippen molar-refractivity contribution in [1.29, 1.82) is 0 Å². The molecule has 0 rings (SSSR count). The summed E-state index contributed by atoms with van der Waals surface area (Å²) in [7, 11) is 3.42. The molecule has 0 aromatic heterocycles. The highest BCUT2D eigenvalue weighted by atomic mass is 16.6. The van der Waals surface area contributed by atoms with Crippen LogP contribution in [0.15, 0.2) is 12.7 Å². The van der Waals surface area contributed by atoms with Crippen LogP contribution >= 0.6 is 0 Å². The lowest BCUT2D eigenvalue weighted by molar-refractivity contribution is 0.0703. The van der Waals surface area contributed by atoms with Crippen LogP contribution in [0.3, 0.4) is 0 Å². The van der Waals surface area contributed by atoms with Crippen LogP contribution < -0.4 is 0 Å². The highest BCUT2D eigenvalue weighted by molar-refractivity contribution is 5.66. The Hall–Kier alpha value is -0.990. The average molecular weight is 283 g/mol. The molecular weight excluding hydrogens is 250 g/mol. The standard InChI is InChI=1S/C17H33NO2/c1-5-7-8-9-10-11-12-13-15-16(14-6-2)20-17(19)18(3)4/h6,16H,2,5,7-15H2,1,3-4H3. The lowest BCUT2D eigenvalue weighted by Gasteiger charge is -2.19. The minimum absolute atomic E-state index is 0.0116. The lowest BCUT2D eigenvalue weighted by atomic mass is 10.0. The average Bonchev–Trinajstić information content (AvgIpc) is 2.41. The first kappa shape index (κ1) is 19.0. The molecule has 1 atom stereocenters. The summed E-state index contributed by atoms with van der Waals surface area (Å²) in [5.41, 5.74) is 0. The molecule has 0 aliphatic carbocycles. The number of ether oxygens (including phenoxy) is 1. The molecule has 0 N–H and O–H groups in total. The lowest BCUT2D eigenvalue weighted by Crippen LogP contribution is -2.27. The monoisotopic (exact) mass is 283 g/mol. The van der Waals surface area contributed by atoms with Crippen LogP contribution in [0.1, 0.15) is 71.1 Å². The number of hydrogen-bond donors (Lipinski definition) is 0. The second-order valence-electron chi connectivity index (χ2n) is 5.69.